The van der Waals surface area contributed by atoms with Gasteiger partial charge in [0.1, 0.15) is 12.4 Å². The number of hydrazone groups is 1. The van der Waals surface area contributed by atoms with E-state index in [1.54, 1.807) is 12.1 Å². The van der Waals surface area contributed by atoms with E-state index in [0.717, 1.165) is 30.0 Å². The lowest BCUT2D eigenvalue weighted by atomic mass is 10.0. The Morgan fingerprint density at radius 1 is 1.08 bits per heavy atom. The van der Waals surface area contributed by atoms with Gasteiger partial charge in [-0.25, -0.2) is 9.40 Å². The van der Waals surface area contributed by atoms with Crippen LogP contribution in [-0.2, 0) is 22.8 Å². The summed E-state index contributed by atoms with van der Waals surface area (Å²) in [6.07, 6.45) is -2.31. The number of methoxy groups -OCH3 is 1. The van der Waals surface area contributed by atoms with Crippen LogP contribution in [0.25, 0.3) is 0 Å². The summed E-state index contributed by atoms with van der Waals surface area (Å²) < 4.78 is 59.4. The van der Waals surface area contributed by atoms with Gasteiger partial charge >= 0.3 is 6.18 Å². The molecule has 1 aromatic heterocycles. The number of aryl methyl sites for hydroxylation is 1. The predicted octanol–water partition coefficient (Wildman–Crippen LogP) is 4.65. The van der Waals surface area contributed by atoms with Crippen molar-refractivity contribution in [3.05, 3.63) is 95.1 Å². The summed E-state index contributed by atoms with van der Waals surface area (Å²) in [5.74, 6) is -1.53. The normalized spacial score (nSPS) is 15.5. The molecule has 0 spiro atoms. The molecule has 4 rings (SSSR count). The van der Waals surface area contributed by atoms with Crippen LogP contribution in [0.15, 0.2) is 72.0 Å². The van der Waals surface area contributed by atoms with E-state index in [0.29, 0.717) is 17.7 Å². The molecule has 1 unspecified atom stereocenters. The molecule has 0 radical (unpaired) electrons. The van der Waals surface area contributed by atoms with E-state index in [2.05, 4.69) is 5.10 Å². The highest BCUT2D eigenvalue weighted by molar-refractivity contribution is 6.02. The van der Waals surface area contributed by atoms with Crippen LogP contribution in [-0.4, -0.2) is 58.8 Å². The summed E-state index contributed by atoms with van der Waals surface area (Å²) in [7, 11) is 3.29. The van der Waals surface area contributed by atoms with Crippen LogP contribution in [0.5, 0.6) is 0 Å². The van der Waals surface area contributed by atoms with Gasteiger partial charge in [0, 0.05) is 38.9 Å². The maximum Gasteiger partial charge on any atom is 0.416 e. The average Bonchev–Trinajstić information content (AvgIpc) is 3.52. The fraction of sp³-hybridized carbons (Fsp3) is 0.296. The Balaban J connectivity index is 1.60. The second-order valence-corrected chi connectivity index (χ2v) is 8.86. The molecule has 0 saturated heterocycles. The van der Waals surface area contributed by atoms with Gasteiger partial charge in [-0.05, 0) is 54.1 Å². The minimum atomic E-state index is -4.54. The second kappa shape index (κ2) is 11.2. The second-order valence-electron chi connectivity index (χ2n) is 8.86. The lowest BCUT2D eigenvalue weighted by molar-refractivity contribution is -0.137. The highest BCUT2D eigenvalue weighted by atomic mass is 19.4. The van der Waals surface area contributed by atoms with E-state index in [1.165, 1.54) is 29.2 Å². The number of carbonyl (C=O) groups is 2. The number of rotatable bonds is 8. The fourth-order valence-electron chi connectivity index (χ4n) is 4.27. The monoisotopic (exact) mass is 530 g/mol. The van der Waals surface area contributed by atoms with Gasteiger partial charge in [-0.3, -0.25) is 9.59 Å². The van der Waals surface area contributed by atoms with Crippen molar-refractivity contribution in [3.8, 4) is 0 Å². The standard InChI is InChI=1S/C27H26F4N4O3/c1-33-13-3-4-23(33)22-16-24(18-7-11-21(28)12-8-18)35(32-22)25(36)17-34(14-15-38-2)26(37)19-5-9-20(10-6-19)27(29,30)31/h3-13,24H,14-17H2,1-2H3. The molecule has 11 heteroatoms. The van der Waals surface area contributed by atoms with Crippen molar-refractivity contribution in [2.75, 3.05) is 26.8 Å². The summed E-state index contributed by atoms with van der Waals surface area (Å²) in [5.41, 5.74) is 1.26. The van der Waals surface area contributed by atoms with Crippen LogP contribution < -0.4 is 0 Å². The summed E-state index contributed by atoms with van der Waals surface area (Å²) in [4.78, 5) is 27.9. The Morgan fingerprint density at radius 2 is 1.76 bits per heavy atom. The Hall–Kier alpha value is -3.99. The van der Waals surface area contributed by atoms with Gasteiger partial charge < -0.3 is 14.2 Å². The third-order valence-corrected chi connectivity index (χ3v) is 6.30. The summed E-state index contributed by atoms with van der Waals surface area (Å²) in [6, 6.07) is 12.8. The largest absolute Gasteiger partial charge is 0.416 e. The molecule has 0 saturated carbocycles. The first kappa shape index (κ1) is 27.1. The first-order valence-electron chi connectivity index (χ1n) is 11.8. The number of amides is 2. The minimum absolute atomic E-state index is 0.00594. The highest BCUT2D eigenvalue weighted by Crippen LogP contribution is 2.33. The quantitative estimate of drug-likeness (QED) is 0.399. The van der Waals surface area contributed by atoms with E-state index < -0.39 is 35.4 Å². The van der Waals surface area contributed by atoms with E-state index in [4.69, 9.17) is 4.74 Å². The van der Waals surface area contributed by atoms with Crippen molar-refractivity contribution >= 4 is 17.5 Å². The summed E-state index contributed by atoms with van der Waals surface area (Å²) >= 11 is 0. The fourth-order valence-corrected chi connectivity index (χ4v) is 4.27. The van der Waals surface area contributed by atoms with Gasteiger partial charge in [0.25, 0.3) is 11.8 Å². The number of ether oxygens (including phenoxy) is 1. The van der Waals surface area contributed by atoms with Crippen molar-refractivity contribution in [2.45, 2.75) is 18.6 Å². The van der Waals surface area contributed by atoms with Gasteiger partial charge in [0.05, 0.1) is 29.6 Å². The third-order valence-electron chi connectivity index (χ3n) is 6.30. The molecule has 2 aromatic carbocycles. The van der Waals surface area contributed by atoms with Crippen molar-refractivity contribution in [2.24, 2.45) is 12.1 Å². The number of benzene rings is 2. The molecule has 7 nitrogen and oxygen atoms in total. The van der Waals surface area contributed by atoms with E-state index in [1.807, 2.05) is 29.9 Å². The van der Waals surface area contributed by atoms with Crippen molar-refractivity contribution in [3.63, 3.8) is 0 Å². The van der Waals surface area contributed by atoms with Crippen molar-refractivity contribution < 1.29 is 31.9 Å². The number of aromatic nitrogens is 1. The number of nitrogens with zero attached hydrogens (tertiary/aromatic N) is 4. The lowest BCUT2D eigenvalue weighted by Gasteiger charge is -2.27. The molecule has 38 heavy (non-hydrogen) atoms. The molecule has 1 aliphatic rings. The maximum absolute atomic E-state index is 13.6. The number of alkyl halides is 3. The van der Waals surface area contributed by atoms with Gasteiger partial charge in [-0.15, -0.1) is 0 Å². The van der Waals surface area contributed by atoms with Gasteiger partial charge in [0.2, 0.25) is 0 Å². The first-order valence-corrected chi connectivity index (χ1v) is 11.8. The van der Waals surface area contributed by atoms with E-state index in [9.17, 15) is 27.2 Å². The van der Waals surface area contributed by atoms with Gasteiger partial charge in [0.15, 0.2) is 0 Å². The molecule has 0 N–H and O–H groups in total. The molecule has 2 amide bonds. The van der Waals surface area contributed by atoms with Crippen LogP contribution in [0.2, 0.25) is 0 Å². The zero-order chi connectivity index (χ0) is 27.4. The van der Waals surface area contributed by atoms with E-state index >= 15 is 0 Å². The Morgan fingerprint density at radius 3 is 2.34 bits per heavy atom. The predicted molar refractivity (Wildman–Crippen MR) is 132 cm³/mol. The minimum Gasteiger partial charge on any atom is -0.383 e. The smallest absolute Gasteiger partial charge is 0.383 e. The molecule has 200 valence electrons. The zero-order valence-electron chi connectivity index (χ0n) is 20.8. The Bertz CT molecular complexity index is 1320. The SMILES string of the molecule is COCCN(CC(=O)N1N=C(c2cccn2C)CC1c1ccc(F)cc1)C(=O)c1ccc(C(F)(F)F)cc1. The van der Waals surface area contributed by atoms with Gasteiger partial charge in [-0.1, -0.05) is 12.1 Å². The number of halogens is 4. The molecule has 0 aliphatic carbocycles. The van der Waals surface area contributed by atoms with Crippen LogP contribution in [0.3, 0.4) is 0 Å². The number of hydrogen-bond donors (Lipinski definition) is 0. The molecule has 2 heterocycles. The topological polar surface area (TPSA) is 67.1 Å². The number of hydrogen-bond acceptors (Lipinski definition) is 4. The molecule has 1 aliphatic heterocycles. The molecule has 1 atom stereocenters. The van der Waals surface area contributed by atoms with E-state index in [-0.39, 0.29) is 25.3 Å². The average molecular weight is 531 g/mol. The molecular formula is C27H26F4N4O3. The first-order chi connectivity index (χ1) is 18.1. The molecule has 3 aromatic rings. The van der Waals surface area contributed by atoms with Crippen LogP contribution >= 0.6 is 0 Å². The maximum atomic E-state index is 13.6. The lowest BCUT2D eigenvalue weighted by Crippen LogP contribution is -2.42. The molecular weight excluding hydrogens is 504 g/mol. The Kier molecular flexibility index (Phi) is 7.96. The highest BCUT2D eigenvalue weighted by Gasteiger charge is 2.35. The van der Waals surface area contributed by atoms with Crippen LogP contribution in [0, 0.1) is 5.82 Å². The Labute approximate surface area is 216 Å². The molecule has 0 fully saturated rings. The van der Waals surface area contributed by atoms with Crippen molar-refractivity contribution in [1.82, 2.24) is 14.5 Å². The van der Waals surface area contributed by atoms with Crippen molar-refractivity contribution in [1.29, 1.82) is 0 Å². The molecule has 0 bridgehead atoms. The summed E-state index contributed by atoms with van der Waals surface area (Å²) in [5, 5.41) is 5.85. The zero-order valence-corrected chi connectivity index (χ0v) is 20.8. The summed E-state index contributed by atoms with van der Waals surface area (Å²) in [6.45, 7) is -0.241. The third kappa shape index (κ3) is 5.94. The number of carbonyl (C=O) groups excluding carboxylic acids is 2. The van der Waals surface area contributed by atoms with Crippen LogP contribution in [0.1, 0.15) is 39.6 Å². The van der Waals surface area contributed by atoms with Gasteiger partial charge in [-0.2, -0.15) is 18.3 Å². The van der Waals surface area contributed by atoms with Crippen LogP contribution in [0.4, 0.5) is 17.6 Å².